The van der Waals surface area contributed by atoms with Crippen molar-refractivity contribution in [2.75, 3.05) is 5.73 Å². The number of aryl methyl sites for hydroxylation is 2. The van der Waals surface area contributed by atoms with Crippen LogP contribution in [0.25, 0.3) is 0 Å². The fraction of sp³-hybridized carbons (Fsp3) is 0.167. The first-order chi connectivity index (χ1) is 8.58. The van der Waals surface area contributed by atoms with Crippen LogP contribution in [0.5, 0.6) is 0 Å². The number of aromatic carboxylic acids is 1. The molecule has 0 spiro atoms. The number of anilines is 1. The van der Waals surface area contributed by atoms with Crippen molar-refractivity contribution >= 4 is 23.4 Å². The van der Waals surface area contributed by atoms with Gasteiger partial charge in [-0.1, -0.05) is 23.7 Å². The number of carboxylic acid groups (broad SMARTS) is 1. The lowest BCUT2D eigenvalue weighted by atomic mass is 10.1. The first-order valence-electron chi connectivity index (χ1n) is 5.38. The smallest absolute Gasteiger partial charge is 0.341 e. The second-order valence-electron chi connectivity index (χ2n) is 3.89. The van der Waals surface area contributed by atoms with Crippen LogP contribution in [0.2, 0.25) is 5.02 Å². The highest BCUT2D eigenvalue weighted by Gasteiger charge is 2.17. The zero-order valence-electron chi connectivity index (χ0n) is 9.48. The van der Waals surface area contributed by atoms with Crippen LogP contribution < -0.4 is 5.73 Å². The van der Waals surface area contributed by atoms with Gasteiger partial charge < -0.3 is 10.8 Å². The van der Waals surface area contributed by atoms with Crippen LogP contribution in [0.15, 0.2) is 24.3 Å². The lowest BCUT2D eigenvalue weighted by Crippen LogP contribution is -2.04. The van der Waals surface area contributed by atoms with Crippen LogP contribution in [0.4, 0.5) is 5.82 Å². The molecule has 2 rings (SSSR count). The van der Waals surface area contributed by atoms with Gasteiger partial charge in [0.1, 0.15) is 5.56 Å². The van der Waals surface area contributed by atoms with Crippen LogP contribution in [0.3, 0.4) is 0 Å². The van der Waals surface area contributed by atoms with E-state index in [4.69, 9.17) is 22.4 Å². The quantitative estimate of drug-likeness (QED) is 0.790. The number of carbonyl (C=O) groups is 1. The van der Waals surface area contributed by atoms with Gasteiger partial charge in [0.15, 0.2) is 5.82 Å². The summed E-state index contributed by atoms with van der Waals surface area (Å²) in [4.78, 5) is 11.0. The third-order valence-corrected chi connectivity index (χ3v) is 2.91. The average molecular weight is 266 g/mol. The summed E-state index contributed by atoms with van der Waals surface area (Å²) in [6.07, 6.45) is 1.23. The third-order valence-electron chi connectivity index (χ3n) is 2.66. The van der Waals surface area contributed by atoms with Gasteiger partial charge in [-0.05, 0) is 30.5 Å². The lowest BCUT2D eigenvalue weighted by Gasteiger charge is -2.01. The van der Waals surface area contributed by atoms with Crippen molar-refractivity contribution in [2.24, 2.45) is 0 Å². The maximum atomic E-state index is 11.0. The number of carboxylic acids is 1. The molecule has 0 aliphatic heterocycles. The molecule has 0 fully saturated rings. The van der Waals surface area contributed by atoms with E-state index >= 15 is 0 Å². The topological polar surface area (TPSA) is 92.0 Å². The SMILES string of the molecule is Nc1n[nH]c(CCc2ccc(Cl)cc2)c1C(=O)O. The van der Waals surface area contributed by atoms with Crippen LogP contribution in [-0.4, -0.2) is 21.3 Å². The minimum absolute atomic E-state index is 0.0219. The van der Waals surface area contributed by atoms with Crippen molar-refractivity contribution in [3.05, 3.63) is 46.1 Å². The summed E-state index contributed by atoms with van der Waals surface area (Å²) >= 11 is 5.79. The van der Waals surface area contributed by atoms with Crippen molar-refractivity contribution in [2.45, 2.75) is 12.8 Å². The Balaban J connectivity index is 2.11. The summed E-state index contributed by atoms with van der Waals surface area (Å²) in [7, 11) is 0. The highest BCUT2D eigenvalue weighted by atomic mass is 35.5. The van der Waals surface area contributed by atoms with E-state index in [0.717, 1.165) is 5.56 Å². The molecule has 0 radical (unpaired) electrons. The Kier molecular flexibility index (Phi) is 3.53. The van der Waals surface area contributed by atoms with Gasteiger partial charge in [0.25, 0.3) is 0 Å². The van der Waals surface area contributed by atoms with E-state index < -0.39 is 5.97 Å². The second-order valence-corrected chi connectivity index (χ2v) is 4.33. The molecule has 1 aromatic carbocycles. The number of aromatic amines is 1. The van der Waals surface area contributed by atoms with Crippen molar-refractivity contribution in [3.8, 4) is 0 Å². The number of hydrogen-bond donors (Lipinski definition) is 3. The van der Waals surface area contributed by atoms with Gasteiger partial charge >= 0.3 is 5.97 Å². The largest absolute Gasteiger partial charge is 0.477 e. The molecule has 0 saturated heterocycles. The van der Waals surface area contributed by atoms with Gasteiger partial charge in [-0.15, -0.1) is 0 Å². The number of H-pyrrole nitrogens is 1. The number of hydrogen-bond acceptors (Lipinski definition) is 3. The van der Waals surface area contributed by atoms with Crippen molar-refractivity contribution in [3.63, 3.8) is 0 Å². The summed E-state index contributed by atoms with van der Waals surface area (Å²) in [6, 6.07) is 7.41. The normalized spacial score (nSPS) is 10.5. The summed E-state index contributed by atoms with van der Waals surface area (Å²) in [5.41, 5.74) is 7.16. The molecule has 0 saturated carbocycles. The molecular formula is C12H12ClN3O2. The number of nitrogens with two attached hydrogens (primary N) is 1. The molecule has 1 heterocycles. The lowest BCUT2D eigenvalue weighted by molar-refractivity contribution is 0.0697. The fourth-order valence-corrected chi connectivity index (χ4v) is 1.86. The monoisotopic (exact) mass is 265 g/mol. The summed E-state index contributed by atoms with van der Waals surface area (Å²) in [6.45, 7) is 0. The Labute approximate surface area is 109 Å². The van der Waals surface area contributed by atoms with Crippen molar-refractivity contribution < 1.29 is 9.90 Å². The van der Waals surface area contributed by atoms with Gasteiger partial charge in [-0.3, -0.25) is 5.10 Å². The van der Waals surface area contributed by atoms with E-state index in [-0.39, 0.29) is 11.4 Å². The summed E-state index contributed by atoms with van der Waals surface area (Å²) < 4.78 is 0. The minimum Gasteiger partial charge on any atom is -0.477 e. The van der Waals surface area contributed by atoms with E-state index in [2.05, 4.69) is 10.2 Å². The standard InChI is InChI=1S/C12H12ClN3O2/c13-8-4-1-7(2-5-8)3-6-9-10(12(17)18)11(14)16-15-9/h1-2,4-5H,3,6H2,(H,17,18)(H3,14,15,16). The van der Waals surface area contributed by atoms with E-state index in [1.807, 2.05) is 12.1 Å². The number of nitrogen functional groups attached to an aromatic ring is 1. The molecule has 0 atom stereocenters. The van der Waals surface area contributed by atoms with E-state index in [1.54, 1.807) is 12.1 Å². The Morgan fingerprint density at radius 3 is 2.61 bits per heavy atom. The highest BCUT2D eigenvalue weighted by molar-refractivity contribution is 6.30. The number of aromatic nitrogens is 2. The second kappa shape index (κ2) is 5.10. The Morgan fingerprint density at radius 2 is 2.00 bits per heavy atom. The number of benzene rings is 1. The molecule has 4 N–H and O–H groups in total. The van der Waals surface area contributed by atoms with E-state index in [9.17, 15) is 4.79 Å². The average Bonchev–Trinajstić information content (AvgIpc) is 2.70. The van der Waals surface area contributed by atoms with E-state index in [0.29, 0.717) is 23.6 Å². The van der Waals surface area contributed by atoms with Gasteiger partial charge in [0.2, 0.25) is 0 Å². The Bertz CT molecular complexity index is 563. The van der Waals surface area contributed by atoms with Crippen LogP contribution in [0.1, 0.15) is 21.6 Å². The molecule has 0 aliphatic carbocycles. The molecular weight excluding hydrogens is 254 g/mol. The molecule has 5 nitrogen and oxygen atoms in total. The molecule has 18 heavy (non-hydrogen) atoms. The van der Waals surface area contributed by atoms with Gasteiger partial charge in [0, 0.05) is 5.02 Å². The third kappa shape index (κ3) is 2.62. The number of halogens is 1. The Morgan fingerprint density at radius 1 is 1.33 bits per heavy atom. The molecule has 2 aromatic rings. The number of nitrogens with one attached hydrogen (secondary N) is 1. The molecule has 0 unspecified atom stereocenters. The predicted octanol–water partition coefficient (Wildman–Crippen LogP) is 2.13. The summed E-state index contributed by atoms with van der Waals surface area (Å²) in [5, 5.41) is 16.1. The zero-order valence-corrected chi connectivity index (χ0v) is 10.2. The van der Waals surface area contributed by atoms with Crippen molar-refractivity contribution in [1.82, 2.24) is 10.2 Å². The van der Waals surface area contributed by atoms with Gasteiger partial charge in [-0.25, -0.2) is 4.79 Å². The number of rotatable bonds is 4. The van der Waals surface area contributed by atoms with Crippen LogP contribution in [-0.2, 0) is 12.8 Å². The maximum absolute atomic E-state index is 11.0. The summed E-state index contributed by atoms with van der Waals surface area (Å²) in [5.74, 6) is -1.04. The van der Waals surface area contributed by atoms with Crippen LogP contribution in [0, 0.1) is 0 Å². The molecule has 1 aromatic heterocycles. The number of nitrogens with zero attached hydrogens (tertiary/aromatic N) is 1. The minimum atomic E-state index is -1.06. The van der Waals surface area contributed by atoms with E-state index in [1.165, 1.54) is 0 Å². The predicted molar refractivity (Wildman–Crippen MR) is 68.8 cm³/mol. The zero-order chi connectivity index (χ0) is 13.1. The van der Waals surface area contributed by atoms with Crippen LogP contribution >= 0.6 is 11.6 Å². The Hall–Kier alpha value is -2.01. The molecule has 94 valence electrons. The van der Waals surface area contributed by atoms with Gasteiger partial charge in [0.05, 0.1) is 5.69 Å². The molecule has 0 amide bonds. The first-order valence-corrected chi connectivity index (χ1v) is 5.76. The molecule has 0 aliphatic rings. The fourth-order valence-electron chi connectivity index (χ4n) is 1.73. The highest BCUT2D eigenvalue weighted by Crippen LogP contribution is 2.16. The molecule has 6 heteroatoms. The first kappa shape index (κ1) is 12.4. The van der Waals surface area contributed by atoms with Gasteiger partial charge in [-0.2, -0.15) is 5.10 Å². The maximum Gasteiger partial charge on any atom is 0.341 e. The van der Waals surface area contributed by atoms with Crippen molar-refractivity contribution in [1.29, 1.82) is 0 Å². The molecule has 0 bridgehead atoms.